The SMILES string of the molecule is O=C(Nc1ccc(C(=O)NC2CC2)cc1)c1cccc(N2NC(=O)C3CC=CCC3C2=O)c1. The molecule has 1 heterocycles. The smallest absolute Gasteiger partial charge is 0.255 e. The minimum atomic E-state index is -0.392. The van der Waals surface area contributed by atoms with Gasteiger partial charge in [-0.2, -0.15) is 0 Å². The number of hydrazine groups is 1. The molecule has 2 atom stereocenters. The van der Waals surface area contributed by atoms with E-state index in [0.29, 0.717) is 35.3 Å². The van der Waals surface area contributed by atoms with Gasteiger partial charge in [-0.3, -0.25) is 24.6 Å². The third-order valence-corrected chi connectivity index (χ3v) is 6.21. The summed E-state index contributed by atoms with van der Waals surface area (Å²) >= 11 is 0. The number of fused-ring (bicyclic) bond motifs is 1. The second kappa shape index (κ2) is 8.54. The number of nitrogens with one attached hydrogen (secondary N) is 3. The Morgan fingerprint density at radius 1 is 0.879 bits per heavy atom. The van der Waals surface area contributed by atoms with Gasteiger partial charge in [-0.15, -0.1) is 0 Å². The van der Waals surface area contributed by atoms with Crippen LogP contribution in [0.25, 0.3) is 0 Å². The lowest BCUT2D eigenvalue weighted by Gasteiger charge is -2.38. The van der Waals surface area contributed by atoms with Crippen molar-refractivity contribution in [3.8, 4) is 0 Å². The van der Waals surface area contributed by atoms with Crippen LogP contribution in [-0.2, 0) is 9.59 Å². The maximum Gasteiger partial charge on any atom is 0.255 e. The van der Waals surface area contributed by atoms with Crippen molar-refractivity contribution in [2.24, 2.45) is 11.8 Å². The van der Waals surface area contributed by atoms with Crippen molar-refractivity contribution >= 4 is 35.0 Å². The lowest BCUT2D eigenvalue weighted by Crippen LogP contribution is -2.59. The van der Waals surface area contributed by atoms with Crippen molar-refractivity contribution in [2.75, 3.05) is 10.3 Å². The second-order valence-electron chi connectivity index (χ2n) is 8.64. The van der Waals surface area contributed by atoms with E-state index < -0.39 is 5.92 Å². The Balaban J connectivity index is 1.28. The van der Waals surface area contributed by atoms with Crippen molar-refractivity contribution in [1.82, 2.24) is 10.7 Å². The summed E-state index contributed by atoms with van der Waals surface area (Å²) in [4.78, 5) is 50.4. The number of amides is 4. The highest BCUT2D eigenvalue weighted by atomic mass is 16.2. The summed E-state index contributed by atoms with van der Waals surface area (Å²) < 4.78 is 0. The van der Waals surface area contributed by atoms with E-state index in [4.69, 9.17) is 0 Å². The van der Waals surface area contributed by atoms with Crippen LogP contribution in [0, 0.1) is 11.8 Å². The molecule has 0 spiro atoms. The van der Waals surface area contributed by atoms with Crippen LogP contribution in [0.2, 0.25) is 0 Å². The standard InChI is InChI=1S/C25H24N4O4/c30-22(26-18-12-13-18)15-8-10-17(11-9-15)27-23(31)16-4-3-5-19(14-16)29-25(33)21-7-2-1-6-20(21)24(32)28-29/h1-5,8-11,14,18,20-21H,6-7,12-13H2,(H,26,30)(H,27,31)(H,28,32). The molecule has 3 aliphatic rings. The maximum absolute atomic E-state index is 13.0. The normalized spacial score (nSPS) is 21.8. The van der Waals surface area contributed by atoms with Gasteiger partial charge in [0.15, 0.2) is 0 Å². The van der Waals surface area contributed by atoms with Gasteiger partial charge in [0.05, 0.1) is 17.5 Å². The first-order valence-electron chi connectivity index (χ1n) is 11.1. The monoisotopic (exact) mass is 444 g/mol. The number of benzene rings is 2. The van der Waals surface area contributed by atoms with E-state index in [9.17, 15) is 19.2 Å². The van der Waals surface area contributed by atoms with E-state index in [2.05, 4.69) is 16.1 Å². The molecule has 0 bridgehead atoms. The van der Waals surface area contributed by atoms with Crippen molar-refractivity contribution in [3.63, 3.8) is 0 Å². The van der Waals surface area contributed by atoms with Crippen molar-refractivity contribution in [1.29, 1.82) is 0 Å². The Morgan fingerprint density at radius 3 is 2.33 bits per heavy atom. The fourth-order valence-electron chi connectivity index (χ4n) is 4.17. The Bertz CT molecular complexity index is 1150. The minimum Gasteiger partial charge on any atom is -0.349 e. The van der Waals surface area contributed by atoms with Gasteiger partial charge in [0.2, 0.25) is 11.8 Å². The second-order valence-corrected chi connectivity index (χ2v) is 8.64. The molecule has 1 saturated heterocycles. The van der Waals surface area contributed by atoms with Gasteiger partial charge < -0.3 is 10.6 Å². The van der Waals surface area contributed by atoms with Gasteiger partial charge >= 0.3 is 0 Å². The predicted molar refractivity (Wildman–Crippen MR) is 122 cm³/mol. The lowest BCUT2D eigenvalue weighted by molar-refractivity contribution is -0.139. The molecule has 8 nitrogen and oxygen atoms in total. The third kappa shape index (κ3) is 4.37. The highest BCUT2D eigenvalue weighted by Gasteiger charge is 2.42. The summed E-state index contributed by atoms with van der Waals surface area (Å²) in [6.07, 6.45) is 6.98. The van der Waals surface area contributed by atoms with Gasteiger partial charge in [-0.1, -0.05) is 18.2 Å². The van der Waals surface area contributed by atoms with Crippen LogP contribution >= 0.6 is 0 Å². The topological polar surface area (TPSA) is 108 Å². The van der Waals surface area contributed by atoms with Crippen LogP contribution in [0.15, 0.2) is 60.7 Å². The predicted octanol–water partition coefficient (Wildman–Crippen LogP) is 2.79. The Hall–Kier alpha value is -3.94. The molecular formula is C25H24N4O4. The summed E-state index contributed by atoms with van der Waals surface area (Å²) in [5.74, 6) is -1.59. The summed E-state index contributed by atoms with van der Waals surface area (Å²) in [7, 11) is 0. The van der Waals surface area contributed by atoms with E-state index in [0.717, 1.165) is 12.8 Å². The average molecular weight is 444 g/mol. The molecule has 8 heteroatoms. The molecule has 1 aliphatic heterocycles. The number of carbonyl (C=O) groups excluding carboxylic acids is 4. The first-order chi connectivity index (χ1) is 16.0. The van der Waals surface area contributed by atoms with E-state index >= 15 is 0 Å². The summed E-state index contributed by atoms with van der Waals surface area (Å²) in [6.45, 7) is 0. The van der Waals surface area contributed by atoms with Crippen molar-refractivity contribution in [3.05, 3.63) is 71.8 Å². The van der Waals surface area contributed by atoms with Crippen LogP contribution in [-0.4, -0.2) is 29.7 Å². The fourth-order valence-corrected chi connectivity index (χ4v) is 4.17. The van der Waals surface area contributed by atoms with E-state index in [1.807, 2.05) is 12.2 Å². The van der Waals surface area contributed by atoms with Crippen LogP contribution in [0.5, 0.6) is 0 Å². The molecule has 2 unspecified atom stereocenters. The molecule has 2 aromatic carbocycles. The number of carbonyl (C=O) groups is 4. The van der Waals surface area contributed by atoms with Crippen LogP contribution in [0.4, 0.5) is 11.4 Å². The molecule has 3 N–H and O–H groups in total. The zero-order valence-corrected chi connectivity index (χ0v) is 17.9. The molecule has 1 saturated carbocycles. The maximum atomic E-state index is 13.0. The van der Waals surface area contributed by atoms with Crippen molar-refractivity contribution in [2.45, 2.75) is 31.7 Å². The fraction of sp³-hybridized carbons (Fsp3) is 0.280. The van der Waals surface area contributed by atoms with Gasteiger partial charge in [0.25, 0.3) is 11.8 Å². The average Bonchev–Trinajstić information content (AvgIpc) is 3.66. The van der Waals surface area contributed by atoms with Gasteiger partial charge in [-0.05, 0) is 68.1 Å². The number of allylic oxidation sites excluding steroid dienone is 2. The molecule has 0 aromatic heterocycles. The summed E-state index contributed by atoms with van der Waals surface area (Å²) in [5.41, 5.74) is 4.54. The molecule has 168 valence electrons. The Kier molecular flexibility index (Phi) is 5.42. The number of rotatable bonds is 5. The quantitative estimate of drug-likeness (QED) is 0.617. The Labute approximate surface area is 191 Å². The molecule has 4 amide bonds. The van der Waals surface area contributed by atoms with Crippen LogP contribution < -0.4 is 21.1 Å². The largest absolute Gasteiger partial charge is 0.349 e. The molecule has 2 aliphatic carbocycles. The number of anilines is 2. The number of nitrogens with zero attached hydrogens (tertiary/aromatic N) is 1. The molecular weight excluding hydrogens is 420 g/mol. The molecule has 0 radical (unpaired) electrons. The zero-order chi connectivity index (χ0) is 22.9. The van der Waals surface area contributed by atoms with Gasteiger partial charge in [0.1, 0.15) is 0 Å². The lowest BCUT2D eigenvalue weighted by atomic mass is 9.80. The molecule has 2 fully saturated rings. The van der Waals surface area contributed by atoms with Gasteiger partial charge in [-0.25, -0.2) is 5.01 Å². The first kappa shape index (κ1) is 20.9. The molecule has 2 aromatic rings. The van der Waals surface area contributed by atoms with Crippen LogP contribution in [0.1, 0.15) is 46.4 Å². The van der Waals surface area contributed by atoms with E-state index in [1.165, 1.54) is 5.01 Å². The van der Waals surface area contributed by atoms with Crippen LogP contribution in [0.3, 0.4) is 0 Å². The third-order valence-electron chi connectivity index (χ3n) is 6.21. The first-order valence-corrected chi connectivity index (χ1v) is 11.1. The summed E-state index contributed by atoms with van der Waals surface area (Å²) in [5, 5.41) is 6.97. The van der Waals surface area contributed by atoms with Crippen molar-refractivity contribution < 1.29 is 19.2 Å². The highest BCUT2D eigenvalue weighted by Crippen LogP contribution is 2.32. The number of hydrogen-bond acceptors (Lipinski definition) is 4. The number of hydrogen-bond donors (Lipinski definition) is 3. The van der Waals surface area contributed by atoms with Gasteiger partial charge in [0, 0.05) is 22.9 Å². The summed E-state index contributed by atoms with van der Waals surface area (Å²) in [6, 6.07) is 13.5. The minimum absolute atomic E-state index is 0.119. The zero-order valence-electron chi connectivity index (χ0n) is 17.9. The Morgan fingerprint density at radius 2 is 1.61 bits per heavy atom. The highest BCUT2D eigenvalue weighted by molar-refractivity contribution is 6.07. The van der Waals surface area contributed by atoms with E-state index in [-0.39, 0.29) is 35.6 Å². The molecule has 5 rings (SSSR count). The molecule has 33 heavy (non-hydrogen) atoms. The van der Waals surface area contributed by atoms with E-state index in [1.54, 1.807) is 48.5 Å².